The summed E-state index contributed by atoms with van der Waals surface area (Å²) in [5.41, 5.74) is 2.38. The summed E-state index contributed by atoms with van der Waals surface area (Å²) < 4.78 is 0. The van der Waals surface area contributed by atoms with Crippen molar-refractivity contribution in [3.63, 3.8) is 0 Å². The maximum Gasteiger partial charge on any atom is 0.148 e. The van der Waals surface area contributed by atoms with E-state index in [2.05, 4.69) is 52.5 Å². The molecule has 1 fully saturated rings. The maximum atomic E-state index is 6.37. The summed E-state index contributed by atoms with van der Waals surface area (Å²) in [4.78, 5) is 8.52. The first-order valence-electron chi connectivity index (χ1n) is 8.08. The number of hydrogen-bond donors (Lipinski definition) is 1. The topological polar surface area (TPSA) is 37.8 Å². The van der Waals surface area contributed by atoms with E-state index in [4.69, 9.17) is 11.6 Å². The lowest BCUT2D eigenvalue weighted by molar-refractivity contribution is 0.411. The summed E-state index contributed by atoms with van der Waals surface area (Å²) in [5.74, 6) is 1.48. The molecule has 1 aliphatic rings. The number of nitrogens with zero attached hydrogens (tertiary/aromatic N) is 2. The SMILES string of the molecule is CCc1ncnc(N[C@H]2CC[C@@H](c3ccccc3)CC2)c1Cl. The van der Waals surface area contributed by atoms with Crippen molar-refractivity contribution in [3.8, 4) is 0 Å². The van der Waals surface area contributed by atoms with Crippen LogP contribution in [0.4, 0.5) is 5.82 Å². The molecular weight excluding hydrogens is 294 g/mol. The number of aromatic nitrogens is 2. The van der Waals surface area contributed by atoms with Crippen LogP contribution in [0.1, 0.15) is 49.8 Å². The molecule has 0 radical (unpaired) electrons. The average molecular weight is 316 g/mol. The Morgan fingerprint density at radius 2 is 1.82 bits per heavy atom. The minimum atomic E-state index is 0.456. The standard InChI is InChI=1S/C18H22ClN3/c1-2-16-17(19)18(21-12-20-16)22-15-10-8-14(9-11-15)13-6-4-3-5-7-13/h3-7,12,14-15H,2,8-11H2,1H3,(H,20,21,22)/t14-,15+. The number of hydrogen-bond acceptors (Lipinski definition) is 3. The van der Waals surface area contributed by atoms with Crippen LogP contribution in [0.15, 0.2) is 36.7 Å². The van der Waals surface area contributed by atoms with Crippen LogP contribution in [-0.2, 0) is 6.42 Å². The van der Waals surface area contributed by atoms with E-state index < -0.39 is 0 Å². The Bertz CT molecular complexity index is 607. The molecule has 1 saturated carbocycles. The van der Waals surface area contributed by atoms with E-state index in [9.17, 15) is 0 Å². The van der Waals surface area contributed by atoms with Crippen LogP contribution in [0, 0.1) is 0 Å². The predicted molar refractivity (Wildman–Crippen MR) is 91.5 cm³/mol. The molecule has 1 heterocycles. The third-order valence-corrected chi connectivity index (χ3v) is 4.93. The normalized spacial score (nSPS) is 21.5. The van der Waals surface area contributed by atoms with Gasteiger partial charge in [-0.1, -0.05) is 48.9 Å². The minimum Gasteiger partial charge on any atom is -0.366 e. The van der Waals surface area contributed by atoms with Crippen LogP contribution in [0.25, 0.3) is 0 Å². The van der Waals surface area contributed by atoms with Crippen LogP contribution in [0.3, 0.4) is 0 Å². The van der Waals surface area contributed by atoms with Gasteiger partial charge in [0.05, 0.1) is 5.69 Å². The third-order valence-electron chi connectivity index (χ3n) is 4.54. The molecule has 0 atom stereocenters. The number of rotatable bonds is 4. The van der Waals surface area contributed by atoms with Gasteiger partial charge in [0.2, 0.25) is 0 Å². The molecule has 116 valence electrons. The summed E-state index contributed by atoms with van der Waals surface area (Å²) in [5, 5.41) is 4.19. The fourth-order valence-corrected chi connectivity index (χ4v) is 3.53. The summed E-state index contributed by atoms with van der Waals surface area (Å²) in [7, 11) is 0. The fraction of sp³-hybridized carbons (Fsp3) is 0.444. The molecule has 0 amide bonds. The van der Waals surface area contributed by atoms with Crippen molar-refractivity contribution in [2.24, 2.45) is 0 Å². The zero-order valence-corrected chi connectivity index (χ0v) is 13.7. The largest absolute Gasteiger partial charge is 0.366 e. The van der Waals surface area contributed by atoms with Gasteiger partial charge in [-0.15, -0.1) is 0 Å². The third kappa shape index (κ3) is 3.41. The highest BCUT2D eigenvalue weighted by Gasteiger charge is 2.23. The molecule has 1 aliphatic carbocycles. The average Bonchev–Trinajstić information content (AvgIpc) is 2.58. The monoisotopic (exact) mass is 315 g/mol. The van der Waals surface area contributed by atoms with Crippen LogP contribution in [0.5, 0.6) is 0 Å². The van der Waals surface area contributed by atoms with Crippen LogP contribution in [0.2, 0.25) is 5.02 Å². The Balaban J connectivity index is 1.61. The van der Waals surface area contributed by atoms with E-state index in [0.717, 1.165) is 30.8 Å². The molecule has 1 N–H and O–H groups in total. The van der Waals surface area contributed by atoms with Gasteiger partial charge in [0.25, 0.3) is 0 Å². The van der Waals surface area contributed by atoms with Gasteiger partial charge >= 0.3 is 0 Å². The molecule has 0 bridgehead atoms. The summed E-state index contributed by atoms with van der Waals surface area (Å²) in [6.07, 6.45) is 7.16. The lowest BCUT2D eigenvalue weighted by Crippen LogP contribution is -2.26. The second kappa shape index (κ2) is 7.10. The van der Waals surface area contributed by atoms with E-state index in [1.54, 1.807) is 6.33 Å². The summed E-state index contributed by atoms with van der Waals surface area (Å²) in [6, 6.07) is 11.3. The molecule has 4 heteroatoms. The number of halogens is 1. The second-order valence-electron chi connectivity index (χ2n) is 5.94. The van der Waals surface area contributed by atoms with E-state index in [1.807, 2.05) is 0 Å². The first-order chi connectivity index (χ1) is 10.8. The predicted octanol–water partition coefficient (Wildman–Crippen LogP) is 4.83. The molecule has 1 aromatic carbocycles. The van der Waals surface area contributed by atoms with Crippen LogP contribution >= 0.6 is 11.6 Å². The van der Waals surface area contributed by atoms with Crippen molar-refractivity contribution in [3.05, 3.63) is 52.9 Å². The molecule has 0 saturated heterocycles. The number of nitrogens with one attached hydrogen (secondary N) is 1. The molecule has 0 unspecified atom stereocenters. The fourth-order valence-electron chi connectivity index (χ4n) is 3.24. The molecule has 0 spiro atoms. The lowest BCUT2D eigenvalue weighted by Gasteiger charge is -2.30. The quantitative estimate of drug-likeness (QED) is 0.878. The number of anilines is 1. The maximum absolute atomic E-state index is 6.37. The minimum absolute atomic E-state index is 0.456. The van der Waals surface area contributed by atoms with Crippen LogP contribution < -0.4 is 5.32 Å². The van der Waals surface area contributed by atoms with Crippen molar-refractivity contribution in [2.75, 3.05) is 5.32 Å². The molecule has 3 nitrogen and oxygen atoms in total. The van der Waals surface area contributed by atoms with Crippen LogP contribution in [-0.4, -0.2) is 16.0 Å². The first kappa shape index (κ1) is 15.3. The van der Waals surface area contributed by atoms with Gasteiger partial charge in [-0.25, -0.2) is 9.97 Å². The van der Waals surface area contributed by atoms with Gasteiger partial charge in [0.15, 0.2) is 0 Å². The Morgan fingerprint density at radius 1 is 1.09 bits per heavy atom. The van der Waals surface area contributed by atoms with E-state index in [0.29, 0.717) is 17.0 Å². The Morgan fingerprint density at radius 3 is 2.50 bits per heavy atom. The zero-order chi connectivity index (χ0) is 15.4. The summed E-state index contributed by atoms with van der Waals surface area (Å²) >= 11 is 6.37. The first-order valence-corrected chi connectivity index (χ1v) is 8.46. The van der Waals surface area contributed by atoms with Crippen molar-refractivity contribution in [1.29, 1.82) is 0 Å². The van der Waals surface area contributed by atoms with Gasteiger partial charge in [0, 0.05) is 6.04 Å². The smallest absolute Gasteiger partial charge is 0.148 e. The highest BCUT2D eigenvalue weighted by atomic mass is 35.5. The highest BCUT2D eigenvalue weighted by Crippen LogP contribution is 2.34. The van der Waals surface area contributed by atoms with E-state index >= 15 is 0 Å². The Hall–Kier alpha value is -1.61. The molecule has 22 heavy (non-hydrogen) atoms. The van der Waals surface area contributed by atoms with Gasteiger partial charge < -0.3 is 5.32 Å². The summed E-state index contributed by atoms with van der Waals surface area (Å²) in [6.45, 7) is 2.06. The molecular formula is C18H22ClN3. The zero-order valence-electron chi connectivity index (χ0n) is 12.9. The van der Waals surface area contributed by atoms with Gasteiger partial charge in [-0.2, -0.15) is 0 Å². The lowest BCUT2D eigenvalue weighted by atomic mass is 9.82. The Labute approximate surface area is 137 Å². The number of aryl methyl sites for hydroxylation is 1. The van der Waals surface area contributed by atoms with E-state index in [1.165, 1.54) is 18.4 Å². The van der Waals surface area contributed by atoms with Gasteiger partial charge in [-0.05, 0) is 43.6 Å². The van der Waals surface area contributed by atoms with Gasteiger partial charge in [-0.3, -0.25) is 0 Å². The van der Waals surface area contributed by atoms with Crippen molar-refractivity contribution >= 4 is 17.4 Å². The van der Waals surface area contributed by atoms with E-state index in [-0.39, 0.29) is 0 Å². The molecule has 0 aliphatic heterocycles. The molecule has 3 rings (SSSR count). The van der Waals surface area contributed by atoms with Crippen molar-refractivity contribution < 1.29 is 0 Å². The van der Waals surface area contributed by atoms with Crippen molar-refractivity contribution in [1.82, 2.24) is 9.97 Å². The Kier molecular flexibility index (Phi) is 4.94. The molecule has 2 aromatic rings. The molecule has 1 aromatic heterocycles. The highest BCUT2D eigenvalue weighted by molar-refractivity contribution is 6.33. The second-order valence-corrected chi connectivity index (χ2v) is 6.32. The van der Waals surface area contributed by atoms with Crippen molar-refractivity contribution in [2.45, 2.75) is 51.0 Å². The van der Waals surface area contributed by atoms with Gasteiger partial charge in [0.1, 0.15) is 17.2 Å². The number of benzene rings is 1.